The highest BCUT2D eigenvalue weighted by Crippen LogP contribution is 2.01. The average molecular weight is 238 g/mol. The number of nitroso groups, excluding NO2 is 1. The Labute approximate surface area is 102 Å². The number of nitrogens with zero attached hydrogens (tertiary/aromatic N) is 4. The van der Waals surface area contributed by atoms with Crippen molar-refractivity contribution >= 4 is 5.82 Å². The molecule has 1 aromatic heterocycles. The third-order valence-corrected chi connectivity index (χ3v) is 2.55. The van der Waals surface area contributed by atoms with Gasteiger partial charge in [-0.2, -0.15) is 0 Å². The number of rotatable bonds is 7. The van der Waals surface area contributed by atoms with Crippen LogP contribution in [0.3, 0.4) is 0 Å². The molecule has 0 aliphatic rings. The van der Waals surface area contributed by atoms with Crippen LogP contribution in [0.25, 0.3) is 0 Å². The first-order valence-corrected chi connectivity index (χ1v) is 5.89. The fraction of sp³-hybridized carbons (Fsp3) is 0.636. The molecule has 1 rings (SSSR count). The van der Waals surface area contributed by atoms with Crippen LogP contribution >= 0.6 is 0 Å². The highest BCUT2D eigenvalue weighted by Gasteiger charge is 2.13. The molecule has 6 nitrogen and oxygen atoms in total. The summed E-state index contributed by atoms with van der Waals surface area (Å²) < 4.78 is 0. The van der Waals surface area contributed by atoms with Crippen molar-refractivity contribution in [1.29, 1.82) is 0 Å². The van der Waals surface area contributed by atoms with Crippen molar-refractivity contribution in [2.24, 2.45) is 0 Å². The van der Waals surface area contributed by atoms with Gasteiger partial charge in [0.15, 0.2) is 6.20 Å². The molecule has 0 amide bonds. The zero-order valence-corrected chi connectivity index (χ0v) is 10.7. The van der Waals surface area contributed by atoms with E-state index >= 15 is 0 Å². The van der Waals surface area contributed by atoms with Gasteiger partial charge in [0.05, 0.1) is 17.1 Å². The third-order valence-electron chi connectivity index (χ3n) is 2.55. The molecule has 0 fully saturated rings. The zero-order valence-electron chi connectivity index (χ0n) is 10.7. The number of hydrogen-bond acceptors (Lipinski definition) is 4. The van der Waals surface area contributed by atoms with Gasteiger partial charge < -0.3 is 4.90 Å². The summed E-state index contributed by atoms with van der Waals surface area (Å²) in [5.74, 6) is 0.287. The molecule has 0 unspecified atom stereocenters. The Balaban J connectivity index is 2.37. The lowest BCUT2D eigenvalue weighted by Crippen LogP contribution is -2.34. The van der Waals surface area contributed by atoms with Gasteiger partial charge in [-0.05, 0) is 29.9 Å². The first-order chi connectivity index (χ1) is 8.17. The summed E-state index contributed by atoms with van der Waals surface area (Å²) in [5, 5.41) is 0. The van der Waals surface area contributed by atoms with Gasteiger partial charge >= 0.3 is 5.82 Å². The number of hydrogen-bond donors (Lipinski definition) is 1. The first kappa shape index (κ1) is 13.5. The fourth-order valence-electron chi connectivity index (χ4n) is 1.42. The summed E-state index contributed by atoms with van der Waals surface area (Å²) in [4.78, 5) is 22.5. The highest BCUT2D eigenvalue weighted by molar-refractivity contribution is 5.12. The summed E-state index contributed by atoms with van der Waals surface area (Å²) >= 11 is 0. The van der Waals surface area contributed by atoms with Crippen molar-refractivity contribution in [3.8, 4) is 0 Å². The van der Waals surface area contributed by atoms with Gasteiger partial charge in [0.2, 0.25) is 0 Å². The van der Waals surface area contributed by atoms with E-state index in [1.54, 1.807) is 6.20 Å². The average Bonchev–Trinajstić information content (AvgIpc) is 2.35. The second-order valence-corrected chi connectivity index (χ2v) is 3.75. The number of likely N-dealkylation sites (N-methyl/N-ethyl adjacent to an activating group) is 1. The minimum atomic E-state index is 0.287. The number of nitrogens with one attached hydrogen (secondary N) is 1. The first-order valence-electron chi connectivity index (χ1n) is 5.89. The summed E-state index contributed by atoms with van der Waals surface area (Å²) in [6, 6.07) is 0. The van der Waals surface area contributed by atoms with E-state index in [2.05, 4.69) is 34.1 Å². The van der Waals surface area contributed by atoms with Gasteiger partial charge in [0.25, 0.3) is 0 Å². The van der Waals surface area contributed by atoms with Crippen molar-refractivity contribution in [1.82, 2.24) is 20.3 Å². The zero-order chi connectivity index (χ0) is 12.7. The van der Waals surface area contributed by atoms with Crippen LogP contribution < -0.4 is 5.43 Å². The Kier molecular flexibility index (Phi) is 5.48. The molecule has 1 N–H and O–H groups in total. The maximum atomic E-state index is 11.6. The fourth-order valence-corrected chi connectivity index (χ4v) is 1.42. The molecule has 0 atom stereocenters. The number of aryl methyl sites for hydroxylation is 1. The molecule has 0 aliphatic carbocycles. The van der Waals surface area contributed by atoms with E-state index in [1.807, 2.05) is 6.92 Å². The van der Waals surface area contributed by atoms with Gasteiger partial charge in [-0.1, -0.05) is 13.8 Å². The molecule has 0 bridgehead atoms. The molecule has 1 heterocycles. The lowest BCUT2D eigenvalue weighted by molar-refractivity contribution is -0.532. The van der Waals surface area contributed by atoms with Crippen molar-refractivity contribution in [2.45, 2.75) is 20.8 Å². The molecular formula is C11H20N5O+. The molecule has 1 aromatic rings. The minimum Gasteiger partial charge on any atom is -0.302 e. The normalized spacial score (nSPS) is 10.6. The van der Waals surface area contributed by atoms with E-state index in [9.17, 15) is 4.91 Å². The summed E-state index contributed by atoms with van der Waals surface area (Å²) in [5.41, 5.74) is 3.55. The molecule has 0 aliphatic heterocycles. The van der Waals surface area contributed by atoms with Crippen molar-refractivity contribution in [2.75, 3.05) is 26.2 Å². The lowest BCUT2D eigenvalue weighted by atomic mass is 10.5. The Morgan fingerprint density at radius 3 is 2.53 bits per heavy atom. The van der Waals surface area contributed by atoms with E-state index in [0.29, 0.717) is 11.4 Å². The monoisotopic (exact) mass is 238 g/mol. The minimum absolute atomic E-state index is 0.287. The van der Waals surface area contributed by atoms with Gasteiger partial charge in [-0.25, -0.2) is 10.4 Å². The molecule has 0 aromatic carbocycles. The molecule has 0 spiro atoms. The quantitative estimate of drug-likeness (QED) is 0.568. The maximum Gasteiger partial charge on any atom is 0.406 e. The molecule has 0 saturated heterocycles. The second kappa shape index (κ2) is 6.90. The number of hydrazine groups is 1. The summed E-state index contributed by atoms with van der Waals surface area (Å²) in [7, 11) is 0. The van der Waals surface area contributed by atoms with Crippen LogP contribution in [-0.4, -0.2) is 45.9 Å². The summed E-state index contributed by atoms with van der Waals surface area (Å²) in [6.45, 7) is 9.45. The van der Waals surface area contributed by atoms with E-state index in [-0.39, 0.29) is 5.82 Å². The van der Waals surface area contributed by atoms with Crippen LogP contribution in [0.4, 0.5) is 5.82 Å². The van der Waals surface area contributed by atoms with Crippen molar-refractivity contribution < 1.29 is 4.87 Å². The van der Waals surface area contributed by atoms with E-state index in [4.69, 9.17) is 0 Å². The molecule has 0 radical (unpaired) electrons. The molecule has 94 valence electrons. The van der Waals surface area contributed by atoms with E-state index in [0.717, 1.165) is 25.3 Å². The van der Waals surface area contributed by atoms with E-state index < -0.39 is 0 Å². The Morgan fingerprint density at radius 2 is 2.00 bits per heavy atom. The predicted molar refractivity (Wildman–Crippen MR) is 65.8 cm³/mol. The third kappa shape index (κ3) is 4.44. The lowest BCUT2D eigenvalue weighted by Gasteiger charge is -2.16. The van der Waals surface area contributed by atoms with Crippen LogP contribution in [0.2, 0.25) is 0 Å². The second-order valence-electron chi connectivity index (χ2n) is 3.75. The topological polar surface area (TPSA) is 61.1 Å². The van der Waals surface area contributed by atoms with Crippen LogP contribution in [0.15, 0.2) is 12.4 Å². The maximum absolute atomic E-state index is 11.6. The highest BCUT2D eigenvalue weighted by atomic mass is 16.3. The molecule has 0 saturated carbocycles. The Hall–Kier alpha value is -1.56. The van der Waals surface area contributed by atoms with Gasteiger partial charge in [-0.3, -0.25) is 0 Å². The Bertz CT molecular complexity index is 347. The SMILES string of the molecule is CCN(CC)CCN[N+](=O)c1cnc(C)cn1. The Morgan fingerprint density at radius 1 is 1.29 bits per heavy atom. The molecule has 6 heteroatoms. The van der Waals surface area contributed by atoms with E-state index in [1.165, 1.54) is 6.20 Å². The van der Waals surface area contributed by atoms with Crippen LogP contribution in [0.1, 0.15) is 19.5 Å². The standard InChI is InChI=1S/C11H20N5O/c1-4-15(5-2)7-6-14-16(17)11-9-12-10(3)8-13-11/h8-9H,4-7H2,1-3H3,(H,14,17)/q+1. The van der Waals surface area contributed by atoms with Gasteiger partial charge in [0, 0.05) is 6.54 Å². The van der Waals surface area contributed by atoms with Crippen molar-refractivity contribution in [3.05, 3.63) is 23.0 Å². The summed E-state index contributed by atoms with van der Waals surface area (Å²) in [6.07, 6.45) is 3.04. The van der Waals surface area contributed by atoms with Gasteiger partial charge in [0.1, 0.15) is 6.20 Å². The van der Waals surface area contributed by atoms with Crippen LogP contribution in [0, 0.1) is 11.8 Å². The van der Waals surface area contributed by atoms with Gasteiger partial charge in [-0.15, -0.1) is 0 Å². The smallest absolute Gasteiger partial charge is 0.302 e. The molecular weight excluding hydrogens is 218 g/mol. The van der Waals surface area contributed by atoms with Crippen LogP contribution in [-0.2, 0) is 0 Å². The number of aromatic nitrogens is 2. The van der Waals surface area contributed by atoms with Crippen LogP contribution in [0.5, 0.6) is 0 Å². The molecule has 17 heavy (non-hydrogen) atoms. The van der Waals surface area contributed by atoms with Crippen molar-refractivity contribution in [3.63, 3.8) is 0 Å². The largest absolute Gasteiger partial charge is 0.406 e. The predicted octanol–water partition coefficient (Wildman–Crippen LogP) is 1.04.